The molecule has 1 heterocycles. The van der Waals surface area contributed by atoms with E-state index < -0.39 is 0 Å². The Morgan fingerprint density at radius 3 is 2.71 bits per heavy atom. The highest BCUT2D eigenvalue weighted by molar-refractivity contribution is 5.89. The van der Waals surface area contributed by atoms with Crippen LogP contribution in [0.15, 0.2) is 24.4 Å². The summed E-state index contributed by atoms with van der Waals surface area (Å²) >= 11 is 0. The normalized spacial score (nSPS) is 12.1. The van der Waals surface area contributed by atoms with Gasteiger partial charge in [0, 0.05) is 21.6 Å². The average Bonchev–Trinajstić information content (AvgIpc) is 2.91. The second kappa shape index (κ2) is 8.71. The van der Waals surface area contributed by atoms with E-state index >= 15 is 0 Å². The maximum Gasteiger partial charge on any atom is 0.181 e. The van der Waals surface area contributed by atoms with E-state index in [9.17, 15) is 4.53 Å². The Balaban J connectivity index is 0.00000220. The number of rotatable bonds is 8. The molecule has 0 saturated carbocycles. The van der Waals surface area contributed by atoms with E-state index in [2.05, 4.69) is 23.8 Å². The van der Waals surface area contributed by atoms with Crippen LogP contribution >= 0.6 is 0 Å². The van der Waals surface area contributed by atoms with E-state index in [1.807, 2.05) is 12.3 Å². The lowest BCUT2D eigenvalue weighted by molar-refractivity contribution is -0.00427. The van der Waals surface area contributed by atoms with Crippen LogP contribution in [-0.4, -0.2) is 4.98 Å². The topological polar surface area (TPSA) is 25.0 Å². The molecule has 2 rings (SSSR count). The number of hydrogen-bond donors (Lipinski definition) is 1. The lowest BCUT2D eigenvalue weighted by Gasteiger charge is -2.13. The van der Waals surface area contributed by atoms with Gasteiger partial charge in [0.2, 0.25) is 0 Å². The largest absolute Gasteiger partial charge is 0.361 e. The molecule has 0 fully saturated rings. The Morgan fingerprint density at radius 2 is 2.05 bits per heavy atom. The summed E-state index contributed by atoms with van der Waals surface area (Å²) in [5.74, 6) is 1.08. The van der Waals surface area contributed by atoms with E-state index in [1.165, 1.54) is 25.7 Å². The summed E-state index contributed by atoms with van der Waals surface area (Å²) in [5.41, 5.74) is 2.10. The summed E-state index contributed by atoms with van der Waals surface area (Å²) in [4.78, 5) is 7.21. The summed E-state index contributed by atoms with van der Waals surface area (Å²) in [6.45, 7) is 4.49. The third-order valence-corrected chi connectivity index (χ3v) is 4.20. The van der Waals surface area contributed by atoms with Crippen molar-refractivity contribution in [2.24, 2.45) is 5.92 Å². The number of aromatic nitrogens is 1. The summed E-state index contributed by atoms with van der Waals surface area (Å²) < 4.78 is 12.6. The molecule has 21 heavy (non-hydrogen) atoms. The molecule has 1 unspecified atom stereocenters. The summed E-state index contributed by atoms with van der Waals surface area (Å²) in [5, 5.41) is 0.889. The number of H-pyrrole nitrogens is 1. The fourth-order valence-electron chi connectivity index (χ4n) is 2.89. The van der Waals surface area contributed by atoms with Crippen molar-refractivity contribution in [3.8, 4) is 5.75 Å². The van der Waals surface area contributed by atoms with Crippen LogP contribution < -0.4 is 4.94 Å². The lowest BCUT2D eigenvalue weighted by atomic mass is 9.92. The molecule has 0 spiro atoms. The molecule has 0 aliphatic carbocycles. The first-order chi connectivity index (χ1) is 9.80. The third-order valence-electron chi connectivity index (χ3n) is 4.20. The Morgan fingerprint density at radius 1 is 1.24 bits per heavy atom. The van der Waals surface area contributed by atoms with Gasteiger partial charge in [-0.15, -0.1) is 0 Å². The number of nitrogens with one attached hydrogen (secondary N) is 1. The Labute approximate surface area is 127 Å². The number of hydrogen-bond acceptors (Lipinski definition) is 1. The van der Waals surface area contributed by atoms with Crippen LogP contribution in [0.4, 0.5) is 4.53 Å². The van der Waals surface area contributed by atoms with Crippen LogP contribution in [0.5, 0.6) is 5.75 Å². The number of benzene rings is 1. The first-order valence-corrected chi connectivity index (χ1v) is 7.67. The van der Waals surface area contributed by atoms with Crippen LogP contribution in [0, 0.1) is 5.92 Å². The van der Waals surface area contributed by atoms with E-state index in [-0.39, 0.29) is 7.43 Å². The van der Waals surface area contributed by atoms with Gasteiger partial charge in [0.1, 0.15) is 0 Å². The first-order valence-electron chi connectivity index (χ1n) is 7.67. The molecule has 1 atom stereocenters. The van der Waals surface area contributed by atoms with E-state index in [4.69, 9.17) is 0 Å². The van der Waals surface area contributed by atoms with Gasteiger partial charge < -0.3 is 4.98 Å². The molecule has 0 aliphatic heterocycles. The van der Waals surface area contributed by atoms with Crippen LogP contribution in [0.25, 0.3) is 10.9 Å². The minimum Gasteiger partial charge on any atom is -0.361 e. The van der Waals surface area contributed by atoms with Crippen LogP contribution in [0.1, 0.15) is 58.9 Å². The highest BCUT2D eigenvalue weighted by Crippen LogP contribution is 2.31. The molecule has 1 aromatic heterocycles. The second-order valence-electron chi connectivity index (χ2n) is 5.52. The van der Waals surface area contributed by atoms with E-state index in [1.54, 1.807) is 12.1 Å². The van der Waals surface area contributed by atoms with Gasteiger partial charge in [0.15, 0.2) is 5.75 Å². The van der Waals surface area contributed by atoms with Crippen molar-refractivity contribution < 1.29 is 9.47 Å². The van der Waals surface area contributed by atoms with Crippen molar-refractivity contribution in [2.75, 3.05) is 0 Å². The minimum atomic E-state index is 0. The zero-order valence-electron chi connectivity index (χ0n) is 12.4. The minimum absolute atomic E-state index is 0. The monoisotopic (exact) mass is 293 g/mol. The van der Waals surface area contributed by atoms with Crippen LogP contribution in [0.2, 0.25) is 0 Å². The highest BCUT2D eigenvalue weighted by Gasteiger charge is 2.12. The molecule has 1 N–H and O–H groups in total. The Hall–Kier alpha value is -1.51. The fraction of sp³-hybridized carbons (Fsp3) is 0.556. The molecule has 0 aliphatic rings. The van der Waals surface area contributed by atoms with E-state index in [0.29, 0.717) is 5.75 Å². The SMILES string of the molecule is C.CCCCC(CC)CCc1c[nH]c2cccc(OF)c12. The fourth-order valence-corrected chi connectivity index (χ4v) is 2.89. The zero-order valence-corrected chi connectivity index (χ0v) is 12.4. The van der Waals surface area contributed by atoms with Crippen LogP contribution in [-0.2, 0) is 6.42 Å². The molecule has 1 aromatic carbocycles. The van der Waals surface area contributed by atoms with Crippen molar-refractivity contribution >= 4 is 10.9 Å². The molecule has 2 aromatic rings. The summed E-state index contributed by atoms with van der Waals surface area (Å²) in [6, 6.07) is 5.43. The van der Waals surface area contributed by atoms with Crippen molar-refractivity contribution in [3.05, 3.63) is 30.0 Å². The van der Waals surface area contributed by atoms with Crippen molar-refractivity contribution in [1.29, 1.82) is 0 Å². The van der Waals surface area contributed by atoms with Crippen molar-refractivity contribution in [3.63, 3.8) is 0 Å². The van der Waals surface area contributed by atoms with Crippen molar-refractivity contribution in [2.45, 2.75) is 59.8 Å². The molecule has 118 valence electrons. The summed E-state index contributed by atoms with van der Waals surface area (Å²) in [6.07, 6.45) is 9.18. The van der Waals surface area contributed by atoms with Gasteiger partial charge in [0.05, 0.1) is 0 Å². The third kappa shape index (κ3) is 4.23. The number of unbranched alkanes of at least 4 members (excludes halogenated alkanes) is 1. The molecule has 2 nitrogen and oxygen atoms in total. The second-order valence-corrected chi connectivity index (χ2v) is 5.52. The Bertz CT molecular complexity index is 535. The highest BCUT2D eigenvalue weighted by atomic mass is 19.3. The average molecular weight is 293 g/mol. The standard InChI is InChI=1S/C17H24FNO.CH4/c1-3-5-7-13(4-2)10-11-14-12-19-15-8-6-9-16(20-18)17(14)15;/h6,8-9,12-13,19H,3-5,7,10-11H2,1-2H3;1H4. The predicted octanol–water partition coefficient (Wildman–Crippen LogP) is 6.22. The van der Waals surface area contributed by atoms with Gasteiger partial charge in [-0.25, -0.2) is 0 Å². The number of halogens is 1. The molecule has 3 heteroatoms. The lowest BCUT2D eigenvalue weighted by Crippen LogP contribution is -2.01. The molecule has 0 bridgehead atoms. The van der Waals surface area contributed by atoms with Gasteiger partial charge >= 0.3 is 0 Å². The van der Waals surface area contributed by atoms with Gasteiger partial charge in [0.25, 0.3) is 0 Å². The molecular formula is C18H28FNO. The van der Waals surface area contributed by atoms with E-state index in [0.717, 1.165) is 35.2 Å². The number of fused-ring (bicyclic) bond motifs is 1. The molecule has 0 radical (unpaired) electrons. The quantitative estimate of drug-likeness (QED) is 0.614. The maximum atomic E-state index is 12.6. The van der Waals surface area contributed by atoms with Gasteiger partial charge in [-0.1, -0.05) is 53.0 Å². The van der Waals surface area contributed by atoms with Gasteiger partial charge in [-0.05, 0) is 36.5 Å². The van der Waals surface area contributed by atoms with Crippen LogP contribution in [0.3, 0.4) is 0 Å². The Kier molecular flexibility index (Phi) is 7.27. The predicted molar refractivity (Wildman–Crippen MR) is 88.4 cm³/mol. The van der Waals surface area contributed by atoms with Crippen molar-refractivity contribution in [1.82, 2.24) is 4.98 Å². The number of aryl methyl sites for hydroxylation is 1. The molecule has 0 amide bonds. The van der Waals surface area contributed by atoms with Gasteiger partial charge in [-0.3, -0.25) is 4.94 Å². The smallest absolute Gasteiger partial charge is 0.181 e. The zero-order chi connectivity index (χ0) is 14.4. The number of aromatic amines is 1. The molecular weight excluding hydrogens is 265 g/mol. The molecule has 0 saturated heterocycles. The first kappa shape index (κ1) is 17.5. The maximum absolute atomic E-state index is 12.6. The van der Waals surface area contributed by atoms with Gasteiger partial charge in [-0.2, -0.15) is 0 Å². The summed E-state index contributed by atoms with van der Waals surface area (Å²) in [7, 11) is 0.